The number of amides is 2. The van der Waals surface area contributed by atoms with Crippen LogP contribution in [0.2, 0.25) is 0 Å². The predicted octanol–water partition coefficient (Wildman–Crippen LogP) is 0.855. The van der Waals surface area contributed by atoms with Crippen LogP contribution in [0.3, 0.4) is 0 Å². The van der Waals surface area contributed by atoms with Gasteiger partial charge in [-0.25, -0.2) is 0 Å². The van der Waals surface area contributed by atoms with Gasteiger partial charge in [-0.3, -0.25) is 9.59 Å². The van der Waals surface area contributed by atoms with E-state index in [4.69, 9.17) is 0 Å². The van der Waals surface area contributed by atoms with Crippen LogP contribution >= 0.6 is 0 Å². The standard InChI is InChI=1S/C13H19N3O2/c14-9-13(6-2-1-3-7-13)12(18)15-8-11(17)16-10-4-5-10/h10H,1-8H2,(H,15,18)(H,16,17). The molecule has 98 valence electrons. The molecule has 0 bridgehead atoms. The van der Waals surface area contributed by atoms with Gasteiger partial charge in [0.1, 0.15) is 5.41 Å². The summed E-state index contributed by atoms with van der Waals surface area (Å²) in [6, 6.07) is 2.45. The van der Waals surface area contributed by atoms with Crippen molar-refractivity contribution in [3.63, 3.8) is 0 Å². The summed E-state index contributed by atoms with van der Waals surface area (Å²) >= 11 is 0. The molecule has 0 aromatic carbocycles. The number of rotatable bonds is 4. The zero-order valence-electron chi connectivity index (χ0n) is 10.5. The lowest BCUT2D eigenvalue weighted by Crippen LogP contribution is -2.45. The largest absolute Gasteiger partial charge is 0.352 e. The molecule has 0 aliphatic heterocycles. The molecule has 18 heavy (non-hydrogen) atoms. The average Bonchev–Trinajstić information content (AvgIpc) is 3.20. The summed E-state index contributed by atoms with van der Waals surface area (Å²) in [4.78, 5) is 23.5. The third-order valence-electron chi connectivity index (χ3n) is 3.71. The summed E-state index contributed by atoms with van der Waals surface area (Å²) in [6.07, 6.45) is 6.19. The Hall–Kier alpha value is -1.57. The highest BCUT2D eigenvalue weighted by molar-refractivity contribution is 5.89. The van der Waals surface area contributed by atoms with E-state index in [1.54, 1.807) is 0 Å². The molecule has 2 rings (SSSR count). The highest BCUT2D eigenvalue weighted by atomic mass is 16.2. The summed E-state index contributed by atoms with van der Waals surface area (Å²) in [6.45, 7) is -0.0151. The quantitative estimate of drug-likeness (QED) is 0.775. The fourth-order valence-corrected chi connectivity index (χ4v) is 2.38. The summed E-state index contributed by atoms with van der Waals surface area (Å²) in [5.74, 6) is -0.439. The Morgan fingerprint density at radius 3 is 2.44 bits per heavy atom. The van der Waals surface area contributed by atoms with Gasteiger partial charge in [0.2, 0.25) is 11.8 Å². The molecule has 0 aromatic rings. The second kappa shape index (κ2) is 5.38. The number of hydrogen-bond donors (Lipinski definition) is 2. The molecule has 2 amide bonds. The minimum absolute atomic E-state index is 0.0151. The summed E-state index contributed by atoms with van der Waals surface area (Å²) in [5.41, 5.74) is -0.905. The topological polar surface area (TPSA) is 82.0 Å². The van der Waals surface area contributed by atoms with Crippen LogP contribution < -0.4 is 10.6 Å². The minimum atomic E-state index is -0.905. The van der Waals surface area contributed by atoms with Crippen molar-refractivity contribution >= 4 is 11.8 Å². The Morgan fingerprint density at radius 1 is 1.22 bits per heavy atom. The zero-order valence-corrected chi connectivity index (χ0v) is 10.5. The van der Waals surface area contributed by atoms with E-state index in [0.29, 0.717) is 18.9 Å². The zero-order chi connectivity index (χ0) is 13.0. The molecule has 2 aliphatic carbocycles. The van der Waals surface area contributed by atoms with E-state index in [1.165, 1.54) is 0 Å². The van der Waals surface area contributed by atoms with E-state index in [1.807, 2.05) is 0 Å². The third-order valence-corrected chi connectivity index (χ3v) is 3.71. The Kier molecular flexibility index (Phi) is 3.85. The third kappa shape index (κ3) is 3.00. The average molecular weight is 249 g/mol. The Balaban J connectivity index is 1.81. The van der Waals surface area contributed by atoms with Crippen molar-refractivity contribution < 1.29 is 9.59 Å². The fraction of sp³-hybridized carbons (Fsp3) is 0.769. The van der Waals surface area contributed by atoms with Crippen molar-refractivity contribution in [2.24, 2.45) is 5.41 Å². The molecule has 0 radical (unpaired) electrons. The number of nitriles is 1. The van der Waals surface area contributed by atoms with E-state index in [-0.39, 0.29) is 18.4 Å². The molecule has 2 fully saturated rings. The van der Waals surface area contributed by atoms with Crippen molar-refractivity contribution in [1.82, 2.24) is 10.6 Å². The van der Waals surface area contributed by atoms with Gasteiger partial charge in [0, 0.05) is 6.04 Å². The van der Waals surface area contributed by atoms with Gasteiger partial charge in [-0.2, -0.15) is 5.26 Å². The van der Waals surface area contributed by atoms with Crippen molar-refractivity contribution in [2.75, 3.05) is 6.54 Å². The maximum Gasteiger partial charge on any atom is 0.240 e. The van der Waals surface area contributed by atoms with Gasteiger partial charge in [-0.15, -0.1) is 0 Å². The molecule has 5 heteroatoms. The van der Waals surface area contributed by atoms with Crippen LogP contribution in [0.15, 0.2) is 0 Å². The molecule has 0 spiro atoms. The van der Waals surface area contributed by atoms with Gasteiger partial charge < -0.3 is 10.6 Å². The van der Waals surface area contributed by atoms with Crippen LogP contribution in [0, 0.1) is 16.7 Å². The fourth-order valence-electron chi connectivity index (χ4n) is 2.38. The van der Waals surface area contributed by atoms with Gasteiger partial charge in [0.05, 0.1) is 12.6 Å². The monoisotopic (exact) mass is 249 g/mol. The first kappa shape index (κ1) is 12.9. The normalized spacial score (nSPS) is 21.7. The number of nitrogens with zero attached hydrogens (tertiary/aromatic N) is 1. The summed E-state index contributed by atoms with van der Waals surface area (Å²) < 4.78 is 0. The van der Waals surface area contributed by atoms with Crippen LogP contribution in [-0.4, -0.2) is 24.4 Å². The lowest BCUT2D eigenvalue weighted by atomic mass is 9.74. The van der Waals surface area contributed by atoms with Crippen LogP contribution in [0.25, 0.3) is 0 Å². The molecule has 0 heterocycles. The molecule has 0 atom stereocenters. The van der Waals surface area contributed by atoms with Gasteiger partial charge >= 0.3 is 0 Å². The summed E-state index contributed by atoms with van der Waals surface area (Å²) in [7, 11) is 0. The number of carbonyl (C=O) groups excluding carboxylic acids is 2. The van der Waals surface area contributed by atoms with Gasteiger partial charge in [0.25, 0.3) is 0 Å². The lowest BCUT2D eigenvalue weighted by molar-refractivity contribution is -0.132. The molecular weight excluding hydrogens is 230 g/mol. The van der Waals surface area contributed by atoms with E-state index in [0.717, 1.165) is 32.1 Å². The first-order valence-corrected chi connectivity index (χ1v) is 6.65. The van der Waals surface area contributed by atoms with E-state index >= 15 is 0 Å². The minimum Gasteiger partial charge on any atom is -0.352 e. The van der Waals surface area contributed by atoms with Gasteiger partial charge in [-0.1, -0.05) is 19.3 Å². The Morgan fingerprint density at radius 2 is 1.89 bits per heavy atom. The maximum absolute atomic E-state index is 12.0. The van der Waals surface area contributed by atoms with Gasteiger partial charge in [-0.05, 0) is 25.7 Å². The first-order chi connectivity index (χ1) is 8.66. The maximum atomic E-state index is 12.0. The summed E-state index contributed by atoms with van der Waals surface area (Å²) in [5, 5.41) is 14.6. The molecule has 5 nitrogen and oxygen atoms in total. The molecule has 2 N–H and O–H groups in total. The lowest BCUT2D eigenvalue weighted by Gasteiger charge is -2.28. The van der Waals surface area contributed by atoms with Crippen LogP contribution in [0.1, 0.15) is 44.9 Å². The second-order valence-electron chi connectivity index (χ2n) is 5.28. The number of carbonyl (C=O) groups is 2. The van der Waals surface area contributed by atoms with Crippen molar-refractivity contribution in [3.8, 4) is 6.07 Å². The molecule has 0 saturated heterocycles. The molecular formula is C13H19N3O2. The van der Waals surface area contributed by atoms with E-state index < -0.39 is 5.41 Å². The second-order valence-corrected chi connectivity index (χ2v) is 5.28. The van der Waals surface area contributed by atoms with Crippen molar-refractivity contribution in [3.05, 3.63) is 0 Å². The van der Waals surface area contributed by atoms with Crippen molar-refractivity contribution in [2.45, 2.75) is 51.0 Å². The molecule has 0 unspecified atom stereocenters. The highest BCUT2D eigenvalue weighted by Gasteiger charge is 2.39. The predicted molar refractivity (Wildman–Crippen MR) is 65.3 cm³/mol. The number of nitrogens with one attached hydrogen (secondary N) is 2. The smallest absolute Gasteiger partial charge is 0.240 e. The Labute approximate surface area is 107 Å². The van der Waals surface area contributed by atoms with Gasteiger partial charge in [0.15, 0.2) is 0 Å². The van der Waals surface area contributed by atoms with Crippen LogP contribution in [-0.2, 0) is 9.59 Å². The van der Waals surface area contributed by atoms with E-state index in [9.17, 15) is 14.9 Å². The molecule has 0 aromatic heterocycles. The van der Waals surface area contributed by atoms with Crippen LogP contribution in [0.4, 0.5) is 0 Å². The number of hydrogen-bond acceptors (Lipinski definition) is 3. The van der Waals surface area contributed by atoms with E-state index in [2.05, 4.69) is 16.7 Å². The molecule has 2 saturated carbocycles. The first-order valence-electron chi connectivity index (χ1n) is 6.65. The van der Waals surface area contributed by atoms with Crippen LogP contribution in [0.5, 0.6) is 0 Å². The highest BCUT2D eigenvalue weighted by Crippen LogP contribution is 2.35. The van der Waals surface area contributed by atoms with Crippen molar-refractivity contribution in [1.29, 1.82) is 5.26 Å². The molecule has 2 aliphatic rings. The Bertz CT molecular complexity index is 376. The SMILES string of the molecule is N#CC1(C(=O)NCC(=O)NC2CC2)CCCCC1.